The molecule has 0 spiro atoms. The van der Waals surface area contributed by atoms with Gasteiger partial charge in [-0.2, -0.15) is 0 Å². The van der Waals surface area contributed by atoms with Gasteiger partial charge in [0.2, 0.25) is 17.7 Å². The van der Waals surface area contributed by atoms with E-state index >= 15 is 0 Å². The molecule has 1 rings (SSSR count). The number of rotatable bonds is 29. The third kappa shape index (κ3) is 21.6. The molecule has 1 aliphatic heterocycles. The summed E-state index contributed by atoms with van der Waals surface area (Å²) in [6, 6.07) is -0.421. The highest BCUT2D eigenvalue weighted by Crippen LogP contribution is 2.19. The van der Waals surface area contributed by atoms with Gasteiger partial charge in [-0.05, 0) is 25.7 Å². The summed E-state index contributed by atoms with van der Waals surface area (Å²) in [6.45, 7) is 5.18. The average molecular weight is 614 g/mol. The van der Waals surface area contributed by atoms with Gasteiger partial charge in [-0.25, -0.2) is 0 Å². The van der Waals surface area contributed by atoms with Crippen molar-refractivity contribution in [3.63, 3.8) is 0 Å². The number of amides is 3. The zero-order valence-electron chi connectivity index (χ0n) is 27.4. The average Bonchev–Trinajstić information content (AvgIpc) is 3.41. The summed E-state index contributed by atoms with van der Waals surface area (Å²) in [5.41, 5.74) is 0. The number of ether oxygens (including phenoxy) is 3. The summed E-state index contributed by atoms with van der Waals surface area (Å²) in [5, 5.41) is 15.6. The highest BCUT2D eigenvalue weighted by Gasteiger charge is 2.35. The van der Waals surface area contributed by atoms with Crippen molar-refractivity contribution in [2.24, 2.45) is 0 Å². The highest BCUT2D eigenvalue weighted by atomic mass is 16.5. The van der Waals surface area contributed by atoms with E-state index in [1.165, 1.54) is 57.8 Å². The lowest BCUT2D eigenvalue weighted by Gasteiger charge is -2.22. The molecule has 10 heteroatoms. The van der Waals surface area contributed by atoms with E-state index in [0.29, 0.717) is 58.8 Å². The van der Waals surface area contributed by atoms with Gasteiger partial charge in [0.1, 0.15) is 0 Å². The number of hydrogen-bond donors (Lipinski definition) is 3. The van der Waals surface area contributed by atoms with Crippen LogP contribution in [0, 0.1) is 0 Å². The number of nitrogens with one attached hydrogen (secondary N) is 2. The fraction of sp³-hybridized carbons (Fsp3) is 0.909. The largest absolute Gasteiger partial charge is 0.394 e. The lowest BCUT2D eigenvalue weighted by Crippen LogP contribution is -2.40. The van der Waals surface area contributed by atoms with Crippen LogP contribution < -0.4 is 10.6 Å². The number of aliphatic hydroxyl groups is 1. The summed E-state index contributed by atoms with van der Waals surface area (Å²) < 4.78 is 16.1. The van der Waals surface area contributed by atoms with Crippen LogP contribution in [0.2, 0.25) is 0 Å². The maximum absolute atomic E-state index is 12.7. The number of carbonyl (C=O) groups excluding carboxylic acids is 3. The Morgan fingerprint density at radius 3 is 1.93 bits per heavy atom. The first-order chi connectivity index (χ1) is 21.0. The van der Waals surface area contributed by atoms with Gasteiger partial charge in [-0.15, -0.1) is 0 Å². The van der Waals surface area contributed by atoms with Gasteiger partial charge in [-0.1, -0.05) is 77.6 Å². The fourth-order valence-corrected chi connectivity index (χ4v) is 5.43. The first-order valence-corrected chi connectivity index (χ1v) is 17.1. The Balaban J connectivity index is 1.97. The van der Waals surface area contributed by atoms with Crippen molar-refractivity contribution in [2.75, 3.05) is 59.8 Å². The number of methoxy groups -OCH3 is 1. The second-order valence-corrected chi connectivity index (χ2v) is 11.8. The van der Waals surface area contributed by atoms with Gasteiger partial charge < -0.3 is 34.9 Å². The maximum atomic E-state index is 12.7. The van der Waals surface area contributed by atoms with E-state index in [9.17, 15) is 19.5 Å². The van der Waals surface area contributed by atoms with E-state index in [-0.39, 0.29) is 49.4 Å². The SMILES string of the molecule is CCCCCCCCCCCCCC(=O)NCCOCCOCCC(=O)N1C[C@H](NC(=O)CCCCCOC)C[C@@H]1CO. The number of unbranched alkanes of at least 4 members (excludes halogenated alkanes) is 12. The lowest BCUT2D eigenvalue weighted by atomic mass is 10.1. The Morgan fingerprint density at radius 1 is 0.721 bits per heavy atom. The molecule has 0 aromatic rings. The van der Waals surface area contributed by atoms with E-state index in [2.05, 4.69) is 17.6 Å². The second kappa shape index (κ2) is 27.8. The van der Waals surface area contributed by atoms with E-state index in [1.54, 1.807) is 12.0 Å². The number of likely N-dealkylation sites (tertiary alicyclic amines) is 1. The molecule has 1 saturated heterocycles. The minimum Gasteiger partial charge on any atom is -0.394 e. The van der Waals surface area contributed by atoms with Crippen molar-refractivity contribution >= 4 is 17.7 Å². The molecule has 1 fully saturated rings. The lowest BCUT2D eigenvalue weighted by molar-refractivity contribution is -0.134. The van der Waals surface area contributed by atoms with Crippen LogP contribution in [-0.2, 0) is 28.6 Å². The van der Waals surface area contributed by atoms with E-state index < -0.39 is 0 Å². The van der Waals surface area contributed by atoms with Gasteiger partial charge in [-0.3, -0.25) is 14.4 Å². The van der Waals surface area contributed by atoms with Crippen LogP contribution in [0.1, 0.15) is 122 Å². The Kier molecular flexibility index (Phi) is 25.4. The molecular weight excluding hydrogens is 550 g/mol. The zero-order chi connectivity index (χ0) is 31.4. The highest BCUT2D eigenvalue weighted by molar-refractivity contribution is 5.78. The number of carbonyl (C=O) groups is 3. The van der Waals surface area contributed by atoms with Crippen molar-refractivity contribution in [1.29, 1.82) is 0 Å². The summed E-state index contributed by atoms with van der Waals surface area (Å²) in [7, 11) is 1.67. The molecule has 252 valence electrons. The fourth-order valence-electron chi connectivity index (χ4n) is 5.43. The van der Waals surface area contributed by atoms with Crippen LogP contribution in [-0.4, -0.2) is 99.7 Å². The van der Waals surface area contributed by atoms with Crippen LogP contribution in [0.3, 0.4) is 0 Å². The van der Waals surface area contributed by atoms with Crippen molar-refractivity contribution in [3.05, 3.63) is 0 Å². The quantitative estimate of drug-likeness (QED) is 0.106. The molecule has 0 aliphatic carbocycles. The van der Waals surface area contributed by atoms with E-state index in [1.807, 2.05) is 0 Å². The summed E-state index contributed by atoms with van der Waals surface area (Å²) in [5.74, 6) is -0.0189. The normalized spacial score (nSPS) is 16.5. The number of nitrogens with zero attached hydrogens (tertiary/aromatic N) is 1. The van der Waals surface area contributed by atoms with Gasteiger partial charge in [0.05, 0.1) is 45.5 Å². The Morgan fingerprint density at radius 2 is 1.30 bits per heavy atom. The first kappa shape index (κ1) is 39.3. The van der Waals surface area contributed by atoms with Crippen molar-refractivity contribution in [1.82, 2.24) is 15.5 Å². The van der Waals surface area contributed by atoms with Crippen LogP contribution in [0.5, 0.6) is 0 Å². The molecule has 43 heavy (non-hydrogen) atoms. The first-order valence-electron chi connectivity index (χ1n) is 17.1. The van der Waals surface area contributed by atoms with E-state index in [0.717, 1.165) is 32.1 Å². The maximum Gasteiger partial charge on any atom is 0.225 e. The van der Waals surface area contributed by atoms with Crippen LogP contribution in [0.4, 0.5) is 0 Å². The van der Waals surface area contributed by atoms with Crippen LogP contribution in [0.15, 0.2) is 0 Å². The Labute approximate surface area is 261 Å². The molecule has 0 saturated carbocycles. The molecule has 3 N–H and O–H groups in total. The molecule has 0 aromatic carbocycles. The number of hydrogen-bond acceptors (Lipinski definition) is 7. The summed E-state index contributed by atoms with van der Waals surface area (Å²) in [4.78, 5) is 38.6. The molecule has 1 heterocycles. The smallest absolute Gasteiger partial charge is 0.225 e. The summed E-state index contributed by atoms with van der Waals surface area (Å²) >= 11 is 0. The molecule has 2 atom stereocenters. The van der Waals surface area contributed by atoms with Crippen molar-refractivity contribution in [2.45, 2.75) is 135 Å². The third-order valence-corrected chi connectivity index (χ3v) is 7.97. The molecule has 10 nitrogen and oxygen atoms in total. The predicted molar refractivity (Wildman–Crippen MR) is 170 cm³/mol. The van der Waals surface area contributed by atoms with Crippen LogP contribution in [0.25, 0.3) is 0 Å². The minimum atomic E-state index is -0.284. The Bertz CT molecular complexity index is 710. The molecule has 0 bridgehead atoms. The standard InChI is InChI=1S/C33H63N3O7/c1-3-4-5-6-7-8-9-10-11-12-14-17-31(38)34-20-23-43-25-24-42-22-19-33(40)36-27-29(26-30(36)28-37)35-32(39)18-15-13-16-21-41-2/h29-30,37H,3-28H2,1-2H3,(H,34,38)(H,35,39)/t29-,30-/m1/s1. The van der Waals surface area contributed by atoms with E-state index in [4.69, 9.17) is 14.2 Å². The monoisotopic (exact) mass is 613 g/mol. The van der Waals surface area contributed by atoms with Gasteiger partial charge >= 0.3 is 0 Å². The molecule has 0 aromatic heterocycles. The Hall–Kier alpha value is -1.75. The predicted octanol–water partition coefficient (Wildman–Crippen LogP) is 4.51. The summed E-state index contributed by atoms with van der Waals surface area (Å²) in [6.07, 6.45) is 18.5. The molecule has 0 unspecified atom stereocenters. The molecule has 3 amide bonds. The van der Waals surface area contributed by atoms with Gasteiger partial charge in [0.15, 0.2) is 0 Å². The van der Waals surface area contributed by atoms with Crippen molar-refractivity contribution < 1.29 is 33.7 Å². The van der Waals surface area contributed by atoms with Crippen molar-refractivity contribution in [3.8, 4) is 0 Å². The molecule has 0 radical (unpaired) electrons. The number of aliphatic hydroxyl groups excluding tert-OH is 1. The third-order valence-electron chi connectivity index (χ3n) is 7.97. The second-order valence-electron chi connectivity index (χ2n) is 11.8. The molecular formula is C33H63N3O7. The van der Waals surface area contributed by atoms with Gasteiger partial charge in [0.25, 0.3) is 0 Å². The zero-order valence-corrected chi connectivity index (χ0v) is 27.4. The topological polar surface area (TPSA) is 126 Å². The van der Waals surface area contributed by atoms with Crippen LogP contribution >= 0.6 is 0 Å². The minimum absolute atomic E-state index is 0.0133. The van der Waals surface area contributed by atoms with Gasteiger partial charge in [0, 0.05) is 45.7 Å². The molecule has 1 aliphatic rings.